The third-order valence-electron chi connectivity index (χ3n) is 4.32. The number of likely N-dealkylation sites (tertiary alicyclic amines) is 1. The number of halogens is 1. The molecule has 1 aromatic heterocycles. The van der Waals surface area contributed by atoms with Crippen LogP contribution in [-0.4, -0.2) is 39.9 Å². The summed E-state index contributed by atoms with van der Waals surface area (Å²) in [7, 11) is 0. The Labute approximate surface area is 143 Å². The molecular formula is C17H18BrN3O2. The van der Waals surface area contributed by atoms with Crippen molar-refractivity contribution in [3.05, 3.63) is 47.6 Å². The monoisotopic (exact) mass is 375 g/mol. The fourth-order valence-corrected chi connectivity index (χ4v) is 3.28. The number of nitrogens with one attached hydrogen (secondary N) is 1. The summed E-state index contributed by atoms with van der Waals surface area (Å²) >= 11 is 3.44. The maximum Gasteiger partial charge on any atom is 0.246 e. The van der Waals surface area contributed by atoms with Crippen LogP contribution in [0.4, 0.5) is 0 Å². The van der Waals surface area contributed by atoms with Crippen LogP contribution in [0, 0.1) is 0 Å². The minimum Gasteiger partial charge on any atom is -0.348 e. The zero-order valence-corrected chi connectivity index (χ0v) is 14.4. The van der Waals surface area contributed by atoms with Crippen LogP contribution < -0.4 is 5.32 Å². The van der Waals surface area contributed by atoms with Crippen molar-refractivity contribution in [1.29, 1.82) is 0 Å². The number of benzene rings is 1. The summed E-state index contributed by atoms with van der Waals surface area (Å²) in [6, 6.07) is 7.97. The molecule has 0 spiro atoms. The van der Waals surface area contributed by atoms with Crippen LogP contribution in [0.5, 0.6) is 0 Å². The average molecular weight is 376 g/mol. The molecule has 1 aromatic carbocycles. The van der Waals surface area contributed by atoms with Gasteiger partial charge in [0.2, 0.25) is 11.8 Å². The van der Waals surface area contributed by atoms with Gasteiger partial charge in [0, 0.05) is 28.1 Å². The first kappa shape index (κ1) is 15.8. The summed E-state index contributed by atoms with van der Waals surface area (Å²) in [4.78, 5) is 25.5. The Morgan fingerprint density at radius 1 is 1.43 bits per heavy atom. The van der Waals surface area contributed by atoms with E-state index in [4.69, 9.17) is 0 Å². The molecule has 5 nitrogen and oxygen atoms in total. The van der Waals surface area contributed by atoms with Crippen molar-refractivity contribution in [3.8, 4) is 0 Å². The first-order chi connectivity index (χ1) is 11.0. The van der Waals surface area contributed by atoms with E-state index >= 15 is 0 Å². The standard InChI is InChI=1S/C17H18BrN3O2/c1-3-17(23)21-9-14(11(21)2)19-16(22)10-20-7-6-12-8-13(18)4-5-15(12)20/h3-8,11,14H,1,9-10H2,2H3,(H,19,22)/t11-,14-/m0/s1. The van der Waals surface area contributed by atoms with Crippen LogP contribution in [0.3, 0.4) is 0 Å². The van der Waals surface area contributed by atoms with Crippen LogP contribution in [0.2, 0.25) is 0 Å². The van der Waals surface area contributed by atoms with Crippen LogP contribution >= 0.6 is 15.9 Å². The molecule has 0 unspecified atom stereocenters. The summed E-state index contributed by atoms with van der Waals surface area (Å²) in [6.45, 7) is 6.22. The second-order valence-corrected chi connectivity index (χ2v) is 6.67. The largest absolute Gasteiger partial charge is 0.348 e. The molecule has 1 N–H and O–H groups in total. The van der Waals surface area contributed by atoms with Gasteiger partial charge in [-0.15, -0.1) is 0 Å². The first-order valence-electron chi connectivity index (χ1n) is 7.46. The Bertz CT molecular complexity index is 783. The molecule has 1 fully saturated rings. The molecule has 23 heavy (non-hydrogen) atoms. The van der Waals surface area contributed by atoms with Gasteiger partial charge in [0.1, 0.15) is 6.54 Å². The zero-order chi connectivity index (χ0) is 16.6. The van der Waals surface area contributed by atoms with Gasteiger partial charge in [0.25, 0.3) is 0 Å². The van der Waals surface area contributed by atoms with Crippen molar-refractivity contribution < 1.29 is 9.59 Å². The van der Waals surface area contributed by atoms with Gasteiger partial charge in [-0.05, 0) is 37.3 Å². The second kappa shape index (κ2) is 6.20. The van der Waals surface area contributed by atoms with Gasteiger partial charge < -0.3 is 14.8 Å². The number of fused-ring (bicyclic) bond motifs is 1. The number of carbonyl (C=O) groups is 2. The zero-order valence-electron chi connectivity index (χ0n) is 12.8. The molecule has 1 aliphatic heterocycles. The highest BCUT2D eigenvalue weighted by atomic mass is 79.9. The van der Waals surface area contributed by atoms with Crippen molar-refractivity contribution in [2.24, 2.45) is 0 Å². The molecule has 0 bridgehead atoms. The van der Waals surface area contributed by atoms with E-state index in [0.717, 1.165) is 15.4 Å². The van der Waals surface area contributed by atoms with Crippen molar-refractivity contribution in [2.45, 2.75) is 25.6 Å². The minimum absolute atomic E-state index is 0.00168. The summed E-state index contributed by atoms with van der Waals surface area (Å²) in [5, 5.41) is 4.08. The van der Waals surface area contributed by atoms with Crippen molar-refractivity contribution in [2.75, 3.05) is 6.54 Å². The van der Waals surface area contributed by atoms with Crippen LogP contribution in [0.15, 0.2) is 47.6 Å². The molecule has 1 saturated heterocycles. The molecule has 2 atom stereocenters. The van der Waals surface area contributed by atoms with Gasteiger partial charge in [0.05, 0.1) is 12.1 Å². The smallest absolute Gasteiger partial charge is 0.246 e. The van der Waals surface area contributed by atoms with E-state index in [9.17, 15) is 9.59 Å². The predicted octanol–water partition coefficient (Wildman–Crippen LogP) is 2.31. The SMILES string of the molecule is C=CC(=O)N1C[C@H](NC(=O)Cn2ccc3cc(Br)ccc32)[C@@H]1C. The molecule has 2 heterocycles. The van der Waals surface area contributed by atoms with E-state index in [1.165, 1.54) is 6.08 Å². The minimum atomic E-state index is -0.0926. The van der Waals surface area contributed by atoms with Gasteiger partial charge >= 0.3 is 0 Å². The molecule has 1 aliphatic rings. The Balaban J connectivity index is 1.62. The number of carbonyl (C=O) groups excluding carboxylic acids is 2. The average Bonchev–Trinajstić information content (AvgIpc) is 2.91. The number of rotatable bonds is 4. The van der Waals surface area contributed by atoms with Gasteiger partial charge in [-0.2, -0.15) is 0 Å². The van der Waals surface area contributed by atoms with Gasteiger partial charge in [-0.3, -0.25) is 9.59 Å². The fraction of sp³-hybridized carbons (Fsp3) is 0.294. The van der Waals surface area contributed by atoms with E-state index in [1.807, 2.05) is 42.0 Å². The molecule has 6 heteroatoms. The Hall–Kier alpha value is -2.08. The molecule has 0 saturated carbocycles. The van der Waals surface area contributed by atoms with E-state index in [2.05, 4.69) is 27.8 Å². The van der Waals surface area contributed by atoms with E-state index in [1.54, 1.807) is 4.90 Å². The van der Waals surface area contributed by atoms with Crippen LogP contribution in [0.1, 0.15) is 6.92 Å². The molecule has 2 amide bonds. The second-order valence-electron chi connectivity index (χ2n) is 5.76. The predicted molar refractivity (Wildman–Crippen MR) is 92.9 cm³/mol. The number of hydrogen-bond donors (Lipinski definition) is 1. The van der Waals surface area contributed by atoms with Crippen molar-refractivity contribution in [3.63, 3.8) is 0 Å². The lowest BCUT2D eigenvalue weighted by molar-refractivity contribution is -0.137. The number of nitrogens with zero attached hydrogens (tertiary/aromatic N) is 2. The molecule has 2 aromatic rings. The lowest BCUT2D eigenvalue weighted by Crippen LogP contribution is -2.66. The van der Waals surface area contributed by atoms with E-state index < -0.39 is 0 Å². The lowest BCUT2D eigenvalue weighted by atomic mass is 9.98. The summed E-state index contributed by atoms with van der Waals surface area (Å²) in [5.41, 5.74) is 1.02. The maximum absolute atomic E-state index is 12.3. The number of aromatic nitrogens is 1. The third-order valence-corrected chi connectivity index (χ3v) is 4.81. The van der Waals surface area contributed by atoms with E-state index in [-0.39, 0.29) is 30.4 Å². The highest BCUT2D eigenvalue weighted by Gasteiger charge is 2.38. The molecule has 120 valence electrons. The Morgan fingerprint density at radius 2 is 2.22 bits per heavy atom. The Morgan fingerprint density at radius 3 is 2.91 bits per heavy atom. The molecule has 3 rings (SSSR count). The Kier molecular flexibility index (Phi) is 4.26. The van der Waals surface area contributed by atoms with Crippen LogP contribution in [-0.2, 0) is 16.1 Å². The highest BCUT2D eigenvalue weighted by molar-refractivity contribution is 9.10. The first-order valence-corrected chi connectivity index (χ1v) is 8.25. The summed E-state index contributed by atoms with van der Waals surface area (Å²) in [5.74, 6) is -0.141. The van der Waals surface area contributed by atoms with Gasteiger partial charge in [0.15, 0.2) is 0 Å². The topological polar surface area (TPSA) is 54.3 Å². The van der Waals surface area contributed by atoms with Gasteiger partial charge in [-0.25, -0.2) is 0 Å². The highest BCUT2D eigenvalue weighted by Crippen LogP contribution is 2.21. The molecular weight excluding hydrogens is 358 g/mol. The molecule has 0 aliphatic carbocycles. The van der Waals surface area contributed by atoms with Gasteiger partial charge in [-0.1, -0.05) is 22.5 Å². The normalized spacial score (nSPS) is 20.2. The van der Waals surface area contributed by atoms with Crippen LogP contribution in [0.25, 0.3) is 10.9 Å². The number of hydrogen-bond acceptors (Lipinski definition) is 2. The summed E-state index contributed by atoms with van der Waals surface area (Å²) < 4.78 is 2.94. The van der Waals surface area contributed by atoms with Crippen molar-refractivity contribution in [1.82, 2.24) is 14.8 Å². The lowest BCUT2D eigenvalue weighted by Gasteiger charge is -2.46. The number of amides is 2. The fourth-order valence-electron chi connectivity index (χ4n) is 2.90. The molecule has 0 radical (unpaired) electrons. The summed E-state index contributed by atoms with van der Waals surface area (Å²) in [6.07, 6.45) is 3.22. The van der Waals surface area contributed by atoms with E-state index in [0.29, 0.717) is 6.54 Å². The van der Waals surface area contributed by atoms with Crippen molar-refractivity contribution >= 4 is 38.6 Å². The third kappa shape index (κ3) is 3.03. The quantitative estimate of drug-likeness (QED) is 0.833. The maximum atomic E-state index is 12.3.